The van der Waals surface area contributed by atoms with Crippen molar-refractivity contribution in [1.82, 2.24) is 15.1 Å². The number of rotatable bonds is 6. The Morgan fingerprint density at radius 3 is 2.13 bits per heavy atom. The minimum Gasteiger partial charge on any atom is -0.457 e. The maximum absolute atomic E-state index is 12.5. The lowest BCUT2D eigenvalue weighted by molar-refractivity contribution is 0.0941. The van der Waals surface area contributed by atoms with E-state index in [-0.39, 0.29) is 11.3 Å². The molecule has 0 saturated heterocycles. The standard InChI is InChI=1S/C24H28ClN3O2/c1-6-20-21(25)22(28(5)27-20)23(29)26-15-16-7-11-18(12-8-16)30-19-13-9-17(10-14-19)24(2,3)4/h7-14H,6,15H2,1-5H3,(H,26,29). The second-order valence-electron chi connectivity index (χ2n) is 8.29. The second-order valence-corrected chi connectivity index (χ2v) is 8.67. The van der Waals surface area contributed by atoms with Crippen LogP contribution in [0.5, 0.6) is 11.5 Å². The van der Waals surface area contributed by atoms with Crippen LogP contribution in [0.2, 0.25) is 5.02 Å². The lowest BCUT2D eigenvalue weighted by Gasteiger charge is -2.19. The fraction of sp³-hybridized carbons (Fsp3) is 0.333. The Hall–Kier alpha value is -2.79. The van der Waals surface area contributed by atoms with E-state index in [9.17, 15) is 4.79 Å². The molecular formula is C24H28ClN3O2. The van der Waals surface area contributed by atoms with Crippen LogP contribution >= 0.6 is 11.6 Å². The van der Waals surface area contributed by atoms with Gasteiger partial charge in [-0.2, -0.15) is 5.10 Å². The van der Waals surface area contributed by atoms with Crippen molar-refractivity contribution in [2.45, 2.75) is 46.1 Å². The number of amides is 1. The molecule has 0 unspecified atom stereocenters. The van der Waals surface area contributed by atoms with E-state index in [1.165, 1.54) is 10.2 Å². The topological polar surface area (TPSA) is 56.2 Å². The van der Waals surface area contributed by atoms with Gasteiger partial charge in [-0.05, 0) is 47.2 Å². The molecule has 2 aromatic carbocycles. The quantitative estimate of drug-likeness (QED) is 0.554. The van der Waals surface area contributed by atoms with Gasteiger partial charge in [-0.15, -0.1) is 0 Å². The zero-order valence-corrected chi connectivity index (χ0v) is 18.9. The van der Waals surface area contributed by atoms with Gasteiger partial charge in [0.25, 0.3) is 5.91 Å². The molecule has 3 aromatic rings. The van der Waals surface area contributed by atoms with Gasteiger partial charge < -0.3 is 10.1 Å². The normalized spacial score (nSPS) is 11.4. The van der Waals surface area contributed by atoms with Crippen LogP contribution in [0.4, 0.5) is 0 Å². The number of nitrogens with zero attached hydrogens (tertiary/aromatic N) is 2. The summed E-state index contributed by atoms with van der Waals surface area (Å²) in [5.74, 6) is 1.30. The molecule has 1 amide bonds. The molecule has 158 valence electrons. The highest BCUT2D eigenvalue weighted by atomic mass is 35.5. The number of hydrogen-bond acceptors (Lipinski definition) is 3. The number of aromatic nitrogens is 2. The van der Waals surface area contributed by atoms with E-state index in [4.69, 9.17) is 16.3 Å². The highest BCUT2D eigenvalue weighted by molar-refractivity contribution is 6.34. The first-order valence-electron chi connectivity index (χ1n) is 10.1. The SMILES string of the molecule is CCc1nn(C)c(C(=O)NCc2ccc(Oc3ccc(C(C)(C)C)cc3)cc2)c1Cl. The molecule has 0 radical (unpaired) electrons. The maximum Gasteiger partial charge on any atom is 0.271 e. The average Bonchev–Trinajstić information content (AvgIpc) is 3.00. The molecule has 0 fully saturated rings. The van der Waals surface area contributed by atoms with Gasteiger partial charge in [0.1, 0.15) is 17.2 Å². The van der Waals surface area contributed by atoms with E-state index in [1.54, 1.807) is 7.05 Å². The molecule has 0 spiro atoms. The Bertz CT molecular complexity index is 1020. The Balaban J connectivity index is 1.60. The van der Waals surface area contributed by atoms with Crippen molar-refractivity contribution < 1.29 is 9.53 Å². The Labute approximate surface area is 183 Å². The van der Waals surface area contributed by atoms with E-state index < -0.39 is 0 Å². The van der Waals surface area contributed by atoms with Gasteiger partial charge in [-0.3, -0.25) is 9.48 Å². The van der Waals surface area contributed by atoms with Crippen molar-refractivity contribution >= 4 is 17.5 Å². The van der Waals surface area contributed by atoms with Gasteiger partial charge >= 0.3 is 0 Å². The molecule has 0 saturated carbocycles. The second kappa shape index (κ2) is 8.92. The van der Waals surface area contributed by atoms with Gasteiger partial charge in [0.05, 0.1) is 10.7 Å². The molecule has 1 heterocycles. The van der Waals surface area contributed by atoms with Crippen LogP contribution in [0.1, 0.15) is 55.0 Å². The molecule has 0 atom stereocenters. The first-order valence-corrected chi connectivity index (χ1v) is 10.4. The van der Waals surface area contributed by atoms with Crippen LogP contribution in [0.3, 0.4) is 0 Å². The lowest BCUT2D eigenvalue weighted by atomic mass is 9.87. The van der Waals surface area contributed by atoms with E-state index in [2.05, 4.69) is 43.3 Å². The number of hydrogen-bond donors (Lipinski definition) is 1. The molecule has 3 rings (SSSR count). The van der Waals surface area contributed by atoms with Crippen LogP contribution in [-0.4, -0.2) is 15.7 Å². The summed E-state index contributed by atoms with van der Waals surface area (Å²) < 4.78 is 7.45. The highest BCUT2D eigenvalue weighted by Gasteiger charge is 2.19. The molecule has 0 aliphatic carbocycles. The third kappa shape index (κ3) is 5.03. The van der Waals surface area contributed by atoms with Gasteiger partial charge in [0, 0.05) is 13.6 Å². The molecule has 0 bridgehead atoms. The average molecular weight is 426 g/mol. The molecular weight excluding hydrogens is 398 g/mol. The Morgan fingerprint density at radius 2 is 1.63 bits per heavy atom. The minimum atomic E-state index is -0.242. The van der Waals surface area contributed by atoms with Crippen molar-refractivity contribution in [3.8, 4) is 11.5 Å². The van der Waals surface area contributed by atoms with Gasteiger partial charge in [-0.25, -0.2) is 0 Å². The number of benzene rings is 2. The summed E-state index contributed by atoms with van der Waals surface area (Å²) in [5, 5.41) is 7.60. The molecule has 0 aliphatic rings. The van der Waals surface area contributed by atoms with Gasteiger partial charge in [0.2, 0.25) is 0 Å². The lowest BCUT2D eigenvalue weighted by Crippen LogP contribution is -2.25. The predicted octanol–water partition coefficient (Wildman–Crippen LogP) is 5.66. The molecule has 0 aliphatic heterocycles. The first kappa shape index (κ1) is 21.9. The van der Waals surface area contributed by atoms with Crippen LogP contribution in [-0.2, 0) is 25.4 Å². The monoisotopic (exact) mass is 425 g/mol. The number of carbonyl (C=O) groups is 1. The van der Waals surface area contributed by atoms with Gasteiger partial charge in [-0.1, -0.05) is 63.6 Å². The number of halogens is 1. The van der Waals surface area contributed by atoms with Crippen molar-refractivity contribution in [3.05, 3.63) is 76.1 Å². The first-order chi connectivity index (χ1) is 14.2. The van der Waals surface area contributed by atoms with E-state index in [0.29, 0.717) is 23.7 Å². The third-order valence-corrected chi connectivity index (χ3v) is 5.34. The van der Waals surface area contributed by atoms with Gasteiger partial charge in [0.15, 0.2) is 0 Å². The predicted molar refractivity (Wildman–Crippen MR) is 120 cm³/mol. The molecule has 30 heavy (non-hydrogen) atoms. The zero-order chi connectivity index (χ0) is 21.9. The minimum absolute atomic E-state index is 0.114. The summed E-state index contributed by atoms with van der Waals surface area (Å²) in [6.45, 7) is 8.91. The van der Waals surface area contributed by atoms with Crippen molar-refractivity contribution in [3.63, 3.8) is 0 Å². The number of ether oxygens (including phenoxy) is 1. The van der Waals surface area contributed by atoms with E-state index in [1.807, 2.05) is 43.3 Å². The molecule has 6 heteroatoms. The number of nitrogens with one attached hydrogen (secondary N) is 1. The Kier molecular flexibility index (Phi) is 6.52. The van der Waals surface area contributed by atoms with Crippen molar-refractivity contribution in [1.29, 1.82) is 0 Å². The summed E-state index contributed by atoms with van der Waals surface area (Å²) in [7, 11) is 1.72. The Morgan fingerprint density at radius 1 is 1.07 bits per heavy atom. The van der Waals surface area contributed by atoms with E-state index >= 15 is 0 Å². The van der Waals surface area contributed by atoms with Crippen LogP contribution in [0, 0.1) is 0 Å². The molecule has 1 N–H and O–H groups in total. The van der Waals surface area contributed by atoms with Crippen LogP contribution in [0.15, 0.2) is 48.5 Å². The maximum atomic E-state index is 12.5. The fourth-order valence-corrected chi connectivity index (χ4v) is 3.51. The summed E-state index contributed by atoms with van der Waals surface area (Å²) in [5.41, 5.74) is 3.45. The van der Waals surface area contributed by atoms with Crippen molar-refractivity contribution in [2.75, 3.05) is 0 Å². The van der Waals surface area contributed by atoms with E-state index in [0.717, 1.165) is 22.8 Å². The largest absolute Gasteiger partial charge is 0.457 e. The summed E-state index contributed by atoms with van der Waals surface area (Å²) in [4.78, 5) is 12.5. The summed E-state index contributed by atoms with van der Waals surface area (Å²) in [6, 6.07) is 15.8. The fourth-order valence-electron chi connectivity index (χ4n) is 3.13. The molecule has 1 aromatic heterocycles. The number of carbonyl (C=O) groups excluding carboxylic acids is 1. The summed E-state index contributed by atoms with van der Waals surface area (Å²) >= 11 is 6.28. The smallest absolute Gasteiger partial charge is 0.271 e. The van der Waals surface area contributed by atoms with Crippen LogP contribution in [0.25, 0.3) is 0 Å². The molecule has 5 nitrogen and oxygen atoms in total. The third-order valence-electron chi connectivity index (χ3n) is 4.94. The summed E-state index contributed by atoms with van der Waals surface area (Å²) in [6.07, 6.45) is 0.681. The zero-order valence-electron chi connectivity index (χ0n) is 18.1. The highest BCUT2D eigenvalue weighted by Crippen LogP contribution is 2.27. The van der Waals surface area contributed by atoms with Crippen molar-refractivity contribution in [2.24, 2.45) is 7.05 Å². The number of aryl methyl sites for hydroxylation is 2. The van der Waals surface area contributed by atoms with Crippen LogP contribution < -0.4 is 10.1 Å².